The average molecular weight is 357 g/mol. The molecule has 6 nitrogen and oxygen atoms in total. The molecular weight excluding hydrogens is 320 g/mol. The maximum absolute atomic E-state index is 13.0. The van der Waals surface area contributed by atoms with Gasteiger partial charge in [0.2, 0.25) is 5.91 Å². The van der Waals surface area contributed by atoms with Crippen LogP contribution in [0.2, 0.25) is 0 Å². The topological polar surface area (TPSA) is 59.1 Å². The quantitative estimate of drug-likeness (QED) is 0.530. The van der Waals surface area contributed by atoms with E-state index in [2.05, 4.69) is 18.7 Å². The van der Waals surface area contributed by atoms with Crippen molar-refractivity contribution in [2.45, 2.75) is 70.2 Å². The van der Waals surface area contributed by atoms with Crippen LogP contribution in [0.25, 0.3) is 0 Å². The van der Waals surface area contributed by atoms with E-state index >= 15 is 0 Å². The maximum atomic E-state index is 13.0. The molecule has 1 aliphatic rings. The maximum Gasteiger partial charge on any atom is 0.225 e. The number of likely N-dealkylation sites (tertiary alicyclic amines) is 1. The first-order valence-electron chi connectivity index (χ1n) is 9.36. The largest absolute Gasteiger partial charge is 0.379 e. The smallest absolute Gasteiger partial charge is 0.225 e. The number of hydrogen-bond acceptors (Lipinski definition) is 5. The monoisotopic (exact) mass is 356 g/mol. The summed E-state index contributed by atoms with van der Waals surface area (Å²) < 4.78 is 11.2. The molecule has 1 heterocycles. The van der Waals surface area contributed by atoms with Crippen LogP contribution in [0.4, 0.5) is 0 Å². The van der Waals surface area contributed by atoms with E-state index in [0.29, 0.717) is 18.8 Å². The summed E-state index contributed by atoms with van der Waals surface area (Å²) >= 11 is 0. The number of aldehydes is 1. The van der Waals surface area contributed by atoms with Crippen molar-refractivity contribution in [2.75, 3.05) is 34.9 Å². The Morgan fingerprint density at radius 1 is 1.32 bits per heavy atom. The Bertz CT molecular complexity index is 416. The third-order valence-corrected chi connectivity index (χ3v) is 5.56. The Morgan fingerprint density at radius 2 is 2.00 bits per heavy atom. The molecule has 0 bridgehead atoms. The van der Waals surface area contributed by atoms with Crippen LogP contribution in [-0.2, 0) is 19.1 Å². The van der Waals surface area contributed by atoms with E-state index < -0.39 is 0 Å². The van der Waals surface area contributed by atoms with Crippen molar-refractivity contribution in [3.63, 3.8) is 0 Å². The van der Waals surface area contributed by atoms with Crippen LogP contribution in [0.5, 0.6) is 0 Å². The first-order chi connectivity index (χ1) is 11.9. The van der Waals surface area contributed by atoms with Gasteiger partial charge in [0.25, 0.3) is 0 Å². The highest BCUT2D eigenvalue weighted by atomic mass is 16.5. The van der Waals surface area contributed by atoms with Gasteiger partial charge in [-0.25, -0.2) is 0 Å². The highest BCUT2D eigenvalue weighted by Gasteiger charge is 2.37. The summed E-state index contributed by atoms with van der Waals surface area (Å²) in [7, 11) is 7.37. The van der Waals surface area contributed by atoms with Crippen LogP contribution in [-0.4, -0.2) is 81.1 Å². The van der Waals surface area contributed by atoms with E-state index in [1.54, 1.807) is 14.2 Å². The van der Waals surface area contributed by atoms with Gasteiger partial charge in [0.15, 0.2) is 0 Å². The third-order valence-electron chi connectivity index (χ3n) is 5.56. The number of rotatable bonds is 11. The van der Waals surface area contributed by atoms with Crippen LogP contribution >= 0.6 is 0 Å². The minimum atomic E-state index is -0.218. The Kier molecular flexibility index (Phi) is 9.61. The Hall–Kier alpha value is -0.980. The van der Waals surface area contributed by atoms with Crippen molar-refractivity contribution in [2.24, 2.45) is 5.92 Å². The zero-order chi connectivity index (χ0) is 19.0. The lowest BCUT2D eigenvalue weighted by atomic mass is 9.91. The second-order valence-corrected chi connectivity index (χ2v) is 7.29. The number of hydrogen-bond donors (Lipinski definition) is 0. The number of amides is 1. The van der Waals surface area contributed by atoms with Gasteiger partial charge in [-0.15, -0.1) is 0 Å². The lowest BCUT2D eigenvalue weighted by Crippen LogP contribution is -2.49. The molecule has 0 saturated carbocycles. The molecule has 0 aromatic carbocycles. The van der Waals surface area contributed by atoms with E-state index in [9.17, 15) is 9.59 Å². The number of methoxy groups -OCH3 is 2. The average Bonchev–Trinajstić information content (AvgIpc) is 3.07. The molecule has 1 fully saturated rings. The van der Waals surface area contributed by atoms with Gasteiger partial charge in [-0.2, -0.15) is 0 Å². The van der Waals surface area contributed by atoms with E-state index in [-0.39, 0.29) is 30.2 Å². The standard InChI is InChI=1S/C19H36N2O4/c1-7-14(2)19(20(3)4)17(25-6)13-18(23)21-11-8-9-15(21)16(24-5)10-12-22/h12,14-17,19H,7-11,13H2,1-6H3. The molecule has 1 saturated heterocycles. The molecule has 0 radical (unpaired) electrons. The lowest BCUT2D eigenvalue weighted by molar-refractivity contribution is -0.139. The molecule has 0 spiro atoms. The number of likely N-dealkylation sites (N-methyl/N-ethyl adjacent to an activating group) is 1. The third kappa shape index (κ3) is 5.76. The lowest BCUT2D eigenvalue weighted by Gasteiger charge is -2.37. The second kappa shape index (κ2) is 10.9. The van der Waals surface area contributed by atoms with Gasteiger partial charge in [0, 0.05) is 33.2 Å². The Labute approximate surface area is 152 Å². The van der Waals surface area contributed by atoms with E-state index in [0.717, 1.165) is 32.1 Å². The molecule has 5 atom stereocenters. The van der Waals surface area contributed by atoms with Gasteiger partial charge < -0.3 is 24.1 Å². The summed E-state index contributed by atoms with van der Waals surface area (Å²) in [6, 6.07) is 0.176. The first kappa shape index (κ1) is 22.1. The van der Waals surface area contributed by atoms with Crippen LogP contribution < -0.4 is 0 Å². The fourth-order valence-electron chi connectivity index (χ4n) is 4.08. The van der Waals surface area contributed by atoms with E-state index in [1.165, 1.54) is 0 Å². The molecule has 0 aromatic heterocycles. The predicted octanol–water partition coefficient (Wildman–Crippen LogP) is 1.96. The Morgan fingerprint density at radius 3 is 2.48 bits per heavy atom. The van der Waals surface area contributed by atoms with Crippen LogP contribution in [0.1, 0.15) is 46.0 Å². The van der Waals surface area contributed by atoms with Crippen molar-refractivity contribution in [3.8, 4) is 0 Å². The van der Waals surface area contributed by atoms with Crippen molar-refractivity contribution in [3.05, 3.63) is 0 Å². The minimum absolute atomic E-state index is 0.0124. The fraction of sp³-hybridized carbons (Fsp3) is 0.895. The normalized spacial score (nSPS) is 22.7. The number of carbonyl (C=O) groups excluding carboxylic acids is 2. The zero-order valence-electron chi connectivity index (χ0n) is 16.7. The summed E-state index contributed by atoms with van der Waals surface area (Å²) in [5.41, 5.74) is 0. The molecule has 25 heavy (non-hydrogen) atoms. The van der Waals surface area contributed by atoms with Crippen LogP contribution in [0, 0.1) is 5.92 Å². The molecular formula is C19H36N2O4. The van der Waals surface area contributed by atoms with Crippen LogP contribution in [0.15, 0.2) is 0 Å². The van der Waals surface area contributed by atoms with Gasteiger partial charge in [0.05, 0.1) is 24.7 Å². The molecule has 1 amide bonds. The molecule has 6 heteroatoms. The van der Waals surface area contributed by atoms with Crippen molar-refractivity contribution in [1.29, 1.82) is 0 Å². The summed E-state index contributed by atoms with van der Waals surface area (Å²) in [6.45, 7) is 5.09. The molecule has 0 aromatic rings. The highest BCUT2D eigenvalue weighted by Crippen LogP contribution is 2.26. The molecule has 0 aliphatic carbocycles. The fourth-order valence-corrected chi connectivity index (χ4v) is 4.08. The molecule has 1 aliphatic heterocycles. The Balaban J connectivity index is 2.84. The summed E-state index contributed by atoms with van der Waals surface area (Å²) in [5, 5.41) is 0. The van der Waals surface area contributed by atoms with Gasteiger partial charge in [-0.05, 0) is 32.9 Å². The summed E-state index contributed by atoms with van der Waals surface area (Å²) in [4.78, 5) is 27.9. The van der Waals surface area contributed by atoms with Gasteiger partial charge >= 0.3 is 0 Å². The first-order valence-corrected chi connectivity index (χ1v) is 9.36. The van der Waals surface area contributed by atoms with Gasteiger partial charge in [-0.3, -0.25) is 4.79 Å². The number of nitrogens with zero attached hydrogens (tertiary/aromatic N) is 2. The molecule has 1 rings (SSSR count). The molecule has 146 valence electrons. The second-order valence-electron chi connectivity index (χ2n) is 7.29. The SMILES string of the molecule is CCC(C)C(C(CC(=O)N1CCCC1C(CC=O)OC)OC)N(C)C. The molecule has 5 unspecified atom stereocenters. The predicted molar refractivity (Wildman–Crippen MR) is 98.6 cm³/mol. The van der Waals surface area contributed by atoms with Crippen molar-refractivity contribution < 1.29 is 19.1 Å². The van der Waals surface area contributed by atoms with E-state index in [4.69, 9.17) is 9.47 Å². The highest BCUT2D eigenvalue weighted by molar-refractivity contribution is 5.77. The minimum Gasteiger partial charge on any atom is -0.379 e. The summed E-state index contributed by atoms with van der Waals surface area (Å²) in [6.07, 6.45) is 4.07. The van der Waals surface area contributed by atoms with Crippen LogP contribution in [0.3, 0.4) is 0 Å². The van der Waals surface area contributed by atoms with Gasteiger partial charge in [0.1, 0.15) is 6.29 Å². The number of carbonyl (C=O) groups is 2. The summed E-state index contributed by atoms with van der Waals surface area (Å²) in [5.74, 6) is 0.529. The van der Waals surface area contributed by atoms with E-state index in [1.807, 2.05) is 19.0 Å². The van der Waals surface area contributed by atoms with Gasteiger partial charge in [-0.1, -0.05) is 20.3 Å². The number of ether oxygens (including phenoxy) is 2. The zero-order valence-corrected chi connectivity index (χ0v) is 16.7. The molecule has 0 N–H and O–H groups in total. The van der Waals surface area contributed by atoms with Crippen molar-refractivity contribution in [1.82, 2.24) is 9.80 Å². The van der Waals surface area contributed by atoms with Crippen molar-refractivity contribution >= 4 is 12.2 Å².